The molecule has 21 heavy (non-hydrogen) atoms. The van der Waals surface area contributed by atoms with Crippen molar-refractivity contribution in [1.82, 2.24) is 5.32 Å². The number of carbonyl (C=O) groups excluding carboxylic acids is 1. The molecule has 9 heteroatoms. The summed E-state index contributed by atoms with van der Waals surface area (Å²) in [6.07, 6.45) is -4.00. The van der Waals surface area contributed by atoms with Crippen LogP contribution in [-0.2, 0) is 11.0 Å². The lowest BCUT2D eigenvalue weighted by atomic mass is 10.0. The molecule has 0 unspecified atom stereocenters. The molecule has 0 aliphatic carbocycles. The minimum absolute atomic E-state index is 0.110. The molecule has 0 aromatic heterocycles. The Balaban J connectivity index is 2.35. The van der Waals surface area contributed by atoms with E-state index < -0.39 is 23.1 Å². The van der Waals surface area contributed by atoms with E-state index in [4.69, 9.17) is 0 Å². The van der Waals surface area contributed by atoms with Crippen molar-refractivity contribution < 1.29 is 22.4 Å². The second-order valence-corrected chi connectivity index (χ2v) is 5.10. The SMILES string of the molecule is Cc1ccc(F)c(C=NN=C2NC(=O)CS2)c1C(F)(F)F. The second-order valence-electron chi connectivity index (χ2n) is 4.14. The first kappa shape index (κ1) is 15.5. The van der Waals surface area contributed by atoms with E-state index in [-0.39, 0.29) is 22.4 Å². The molecular formula is C12H9F4N3OS. The van der Waals surface area contributed by atoms with Crippen molar-refractivity contribution in [3.63, 3.8) is 0 Å². The molecule has 0 saturated carbocycles. The van der Waals surface area contributed by atoms with Crippen molar-refractivity contribution in [2.24, 2.45) is 10.2 Å². The van der Waals surface area contributed by atoms with Crippen LogP contribution >= 0.6 is 11.8 Å². The zero-order valence-corrected chi connectivity index (χ0v) is 11.5. The maximum Gasteiger partial charge on any atom is 0.417 e. The van der Waals surface area contributed by atoms with Crippen LogP contribution in [0.4, 0.5) is 17.6 Å². The summed E-state index contributed by atoms with van der Waals surface area (Å²) in [7, 11) is 0. The Morgan fingerprint density at radius 1 is 1.38 bits per heavy atom. The van der Waals surface area contributed by atoms with Gasteiger partial charge in [0.2, 0.25) is 5.91 Å². The summed E-state index contributed by atoms with van der Waals surface area (Å²) < 4.78 is 52.4. The fourth-order valence-electron chi connectivity index (χ4n) is 1.72. The van der Waals surface area contributed by atoms with Gasteiger partial charge in [-0.05, 0) is 18.6 Å². The second kappa shape index (κ2) is 5.84. The summed E-state index contributed by atoms with van der Waals surface area (Å²) >= 11 is 1.06. The highest BCUT2D eigenvalue weighted by atomic mass is 32.2. The zero-order valence-electron chi connectivity index (χ0n) is 10.7. The van der Waals surface area contributed by atoms with Gasteiger partial charge in [0, 0.05) is 5.56 Å². The fraction of sp³-hybridized carbons (Fsp3) is 0.250. The molecule has 1 aromatic rings. The van der Waals surface area contributed by atoms with Crippen LogP contribution in [0.2, 0.25) is 0 Å². The highest BCUT2D eigenvalue weighted by Crippen LogP contribution is 2.34. The average molecular weight is 319 g/mol. The van der Waals surface area contributed by atoms with Gasteiger partial charge in [-0.15, -0.1) is 5.10 Å². The van der Waals surface area contributed by atoms with Crippen LogP contribution in [0, 0.1) is 12.7 Å². The topological polar surface area (TPSA) is 53.8 Å². The van der Waals surface area contributed by atoms with Crippen molar-refractivity contribution in [3.8, 4) is 0 Å². The number of amidine groups is 1. The molecule has 1 heterocycles. The lowest BCUT2D eigenvalue weighted by Crippen LogP contribution is -2.19. The highest BCUT2D eigenvalue weighted by Gasteiger charge is 2.36. The molecule has 1 N–H and O–H groups in total. The van der Waals surface area contributed by atoms with Crippen molar-refractivity contribution in [1.29, 1.82) is 0 Å². The van der Waals surface area contributed by atoms with Crippen LogP contribution in [0.25, 0.3) is 0 Å². The largest absolute Gasteiger partial charge is 0.417 e. The van der Waals surface area contributed by atoms with Crippen molar-refractivity contribution in [3.05, 3.63) is 34.6 Å². The number of carbonyl (C=O) groups is 1. The summed E-state index contributed by atoms with van der Waals surface area (Å²) in [4.78, 5) is 10.9. The molecule has 0 atom stereocenters. The average Bonchev–Trinajstić information content (AvgIpc) is 2.78. The van der Waals surface area contributed by atoms with Crippen LogP contribution in [0.1, 0.15) is 16.7 Å². The number of nitrogens with zero attached hydrogens (tertiary/aromatic N) is 2. The van der Waals surface area contributed by atoms with Gasteiger partial charge in [0.05, 0.1) is 17.5 Å². The molecule has 112 valence electrons. The molecule has 1 aliphatic heterocycles. The van der Waals surface area contributed by atoms with Crippen LogP contribution in [-0.4, -0.2) is 23.0 Å². The molecular weight excluding hydrogens is 310 g/mol. The van der Waals surface area contributed by atoms with Crippen LogP contribution in [0.3, 0.4) is 0 Å². The molecule has 1 fully saturated rings. The number of rotatable bonds is 2. The standard InChI is InChI=1S/C12H9F4N3OS/c1-6-2-3-8(13)7(10(6)12(14,15)16)4-17-19-11-18-9(20)5-21-11/h2-4H,5H2,1H3,(H,18,19,20). The van der Waals surface area contributed by atoms with Gasteiger partial charge in [-0.3, -0.25) is 4.79 Å². The third-order valence-corrected chi connectivity index (χ3v) is 3.47. The Morgan fingerprint density at radius 2 is 2.10 bits per heavy atom. The molecule has 1 aromatic carbocycles. The van der Waals surface area contributed by atoms with E-state index in [1.807, 2.05) is 0 Å². The third-order valence-electron chi connectivity index (χ3n) is 2.61. The summed E-state index contributed by atoms with van der Waals surface area (Å²) in [5, 5.41) is 9.49. The third kappa shape index (κ3) is 3.60. The van der Waals surface area contributed by atoms with E-state index in [1.165, 1.54) is 6.92 Å². The Morgan fingerprint density at radius 3 is 2.67 bits per heavy atom. The lowest BCUT2D eigenvalue weighted by molar-refractivity contribution is -0.138. The predicted octanol–water partition coefficient (Wildman–Crippen LogP) is 2.71. The van der Waals surface area contributed by atoms with E-state index in [2.05, 4.69) is 15.5 Å². The smallest absolute Gasteiger partial charge is 0.303 e. The Kier molecular flexibility index (Phi) is 4.31. The van der Waals surface area contributed by atoms with Gasteiger partial charge in [-0.25, -0.2) is 4.39 Å². The molecule has 0 bridgehead atoms. The lowest BCUT2D eigenvalue weighted by Gasteiger charge is -2.13. The van der Waals surface area contributed by atoms with Gasteiger partial charge < -0.3 is 5.32 Å². The highest BCUT2D eigenvalue weighted by molar-refractivity contribution is 8.15. The normalized spacial score (nSPS) is 17.8. The fourth-order valence-corrected chi connectivity index (χ4v) is 2.35. The molecule has 2 rings (SSSR count). The molecule has 1 amide bonds. The van der Waals surface area contributed by atoms with E-state index in [0.29, 0.717) is 6.21 Å². The number of halogens is 4. The van der Waals surface area contributed by atoms with Gasteiger partial charge in [-0.1, -0.05) is 17.8 Å². The first-order valence-corrected chi connectivity index (χ1v) is 6.67. The first-order valence-electron chi connectivity index (χ1n) is 5.69. The predicted molar refractivity (Wildman–Crippen MR) is 71.8 cm³/mol. The quantitative estimate of drug-likeness (QED) is 0.518. The minimum atomic E-state index is -4.70. The molecule has 4 nitrogen and oxygen atoms in total. The summed E-state index contributed by atoms with van der Waals surface area (Å²) in [6, 6.07) is 1.99. The number of alkyl halides is 3. The number of amides is 1. The Hall–Kier alpha value is -1.90. The monoisotopic (exact) mass is 319 g/mol. The maximum atomic E-state index is 13.6. The minimum Gasteiger partial charge on any atom is -0.303 e. The van der Waals surface area contributed by atoms with Gasteiger partial charge in [0.25, 0.3) is 0 Å². The van der Waals surface area contributed by atoms with E-state index in [1.54, 1.807) is 0 Å². The molecule has 1 saturated heterocycles. The van der Waals surface area contributed by atoms with Crippen LogP contribution in [0.5, 0.6) is 0 Å². The van der Waals surface area contributed by atoms with Crippen molar-refractivity contribution in [2.45, 2.75) is 13.1 Å². The van der Waals surface area contributed by atoms with Gasteiger partial charge in [0.1, 0.15) is 5.82 Å². The number of nitrogens with one attached hydrogen (secondary N) is 1. The summed E-state index contributed by atoms with van der Waals surface area (Å²) in [6.45, 7) is 1.23. The van der Waals surface area contributed by atoms with Gasteiger partial charge >= 0.3 is 6.18 Å². The molecule has 0 radical (unpaired) electrons. The van der Waals surface area contributed by atoms with Crippen LogP contribution in [0.15, 0.2) is 22.3 Å². The summed E-state index contributed by atoms with van der Waals surface area (Å²) in [5.41, 5.74) is -1.88. The molecule has 0 spiro atoms. The van der Waals surface area contributed by atoms with Crippen LogP contribution < -0.4 is 5.32 Å². The van der Waals surface area contributed by atoms with E-state index in [9.17, 15) is 22.4 Å². The number of hydrogen-bond donors (Lipinski definition) is 1. The number of thioether (sulfide) groups is 1. The first-order chi connectivity index (χ1) is 9.79. The maximum absolute atomic E-state index is 13.6. The number of benzene rings is 1. The number of hydrogen-bond acceptors (Lipinski definition) is 4. The van der Waals surface area contributed by atoms with Crippen molar-refractivity contribution in [2.75, 3.05) is 5.75 Å². The number of aryl methyl sites for hydroxylation is 1. The summed E-state index contributed by atoms with van der Waals surface area (Å²) in [5.74, 6) is -1.15. The van der Waals surface area contributed by atoms with E-state index >= 15 is 0 Å². The van der Waals surface area contributed by atoms with E-state index in [0.717, 1.165) is 23.9 Å². The zero-order chi connectivity index (χ0) is 15.6. The van der Waals surface area contributed by atoms with Gasteiger partial charge in [0.15, 0.2) is 5.17 Å². The Bertz CT molecular complexity index is 640. The Labute approximate surface area is 121 Å². The van der Waals surface area contributed by atoms with Crippen molar-refractivity contribution >= 4 is 29.1 Å². The molecule has 1 aliphatic rings. The van der Waals surface area contributed by atoms with Gasteiger partial charge in [-0.2, -0.15) is 18.3 Å².